The molecular formula is C18H23ClN4O5S. The van der Waals surface area contributed by atoms with Crippen molar-refractivity contribution in [3.05, 3.63) is 40.2 Å². The van der Waals surface area contributed by atoms with Gasteiger partial charge in [0.1, 0.15) is 6.26 Å². The number of anilines is 2. The van der Waals surface area contributed by atoms with Crippen LogP contribution >= 0.6 is 11.6 Å². The number of aryl methyl sites for hydroxylation is 1. The van der Waals surface area contributed by atoms with Crippen LogP contribution in [0.5, 0.6) is 0 Å². The molecule has 0 spiro atoms. The van der Waals surface area contributed by atoms with Crippen LogP contribution in [0.4, 0.5) is 11.7 Å². The standard InChI is InChI=1S/C18H23ClN4O5S/c1-11(2)13-9-15(12(3)8-14(13)19)20-18-21-16(10-28-18)17(24)22-29(25,26)23-4-6-27-7-5-23/h8-11H,4-7H2,1-3H3,(H,20,21)(H,22,24). The molecule has 2 heterocycles. The van der Waals surface area contributed by atoms with Gasteiger partial charge in [0.05, 0.1) is 13.2 Å². The lowest BCUT2D eigenvalue weighted by Crippen LogP contribution is -2.48. The average molecular weight is 443 g/mol. The highest BCUT2D eigenvalue weighted by Gasteiger charge is 2.27. The number of carbonyl (C=O) groups excluding carboxylic acids is 1. The second-order valence-corrected chi connectivity index (χ2v) is 9.03. The molecule has 29 heavy (non-hydrogen) atoms. The lowest BCUT2D eigenvalue weighted by molar-refractivity contribution is 0.0718. The van der Waals surface area contributed by atoms with Crippen molar-refractivity contribution in [2.45, 2.75) is 26.7 Å². The Balaban J connectivity index is 1.72. The summed E-state index contributed by atoms with van der Waals surface area (Å²) in [6, 6.07) is 3.80. The number of amides is 1. The van der Waals surface area contributed by atoms with Gasteiger partial charge >= 0.3 is 10.2 Å². The smallest absolute Gasteiger partial charge is 0.304 e. The van der Waals surface area contributed by atoms with Crippen LogP contribution in [0, 0.1) is 6.92 Å². The molecule has 158 valence electrons. The summed E-state index contributed by atoms with van der Waals surface area (Å²) in [5.74, 6) is -0.649. The van der Waals surface area contributed by atoms with E-state index < -0.39 is 16.1 Å². The molecule has 1 aliphatic heterocycles. The topological polar surface area (TPSA) is 114 Å². The minimum atomic E-state index is -3.97. The van der Waals surface area contributed by atoms with Crippen molar-refractivity contribution in [3.63, 3.8) is 0 Å². The molecule has 0 radical (unpaired) electrons. The van der Waals surface area contributed by atoms with Gasteiger partial charge in [0.25, 0.3) is 11.9 Å². The first-order valence-electron chi connectivity index (χ1n) is 9.10. The fourth-order valence-electron chi connectivity index (χ4n) is 2.84. The highest BCUT2D eigenvalue weighted by atomic mass is 35.5. The molecular weight excluding hydrogens is 420 g/mol. The van der Waals surface area contributed by atoms with E-state index in [1.165, 1.54) is 0 Å². The molecule has 1 saturated heterocycles. The van der Waals surface area contributed by atoms with Gasteiger partial charge in [-0.15, -0.1) is 0 Å². The molecule has 3 rings (SSSR count). The van der Waals surface area contributed by atoms with Crippen LogP contribution in [0.15, 0.2) is 22.8 Å². The van der Waals surface area contributed by atoms with Crippen molar-refractivity contribution in [2.24, 2.45) is 0 Å². The third kappa shape index (κ3) is 5.08. The van der Waals surface area contributed by atoms with Crippen LogP contribution in [0.3, 0.4) is 0 Å². The Bertz CT molecular complexity index is 1000. The maximum Gasteiger partial charge on any atom is 0.304 e. The van der Waals surface area contributed by atoms with E-state index in [0.717, 1.165) is 27.4 Å². The third-order valence-corrected chi connectivity index (χ3v) is 6.29. The van der Waals surface area contributed by atoms with Gasteiger partial charge in [0.15, 0.2) is 5.69 Å². The molecule has 0 aliphatic carbocycles. The van der Waals surface area contributed by atoms with Gasteiger partial charge in [-0.1, -0.05) is 25.4 Å². The van der Waals surface area contributed by atoms with Gasteiger partial charge in [-0.05, 0) is 36.1 Å². The molecule has 1 aromatic carbocycles. The maximum absolute atomic E-state index is 12.3. The Morgan fingerprint density at radius 3 is 2.62 bits per heavy atom. The number of nitrogens with one attached hydrogen (secondary N) is 2. The zero-order chi connectivity index (χ0) is 21.2. The highest BCUT2D eigenvalue weighted by molar-refractivity contribution is 7.87. The van der Waals surface area contributed by atoms with E-state index in [1.54, 1.807) is 0 Å². The van der Waals surface area contributed by atoms with Crippen molar-refractivity contribution < 1.29 is 22.4 Å². The van der Waals surface area contributed by atoms with Gasteiger partial charge in [-0.2, -0.15) is 17.7 Å². The summed E-state index contributed by atoms with van der Waals surface area (Å²) in [6.07, 6.45) is 1.10. The molecule has 1 amide bonds. The fraction of sp³-hybridized carbons (Fsp3) is 0.444. The average Bonchev–Trinajstić information content (AvgIpc) is 3.13. The summed E-state index contributed by atoms with van der Waals surface area (Å²) in [6.45, 7) is 6.87. The highest BCUT2D eigenvalue weighted by Crippen LogP contribution is 2.31. The maximum atomic E-state index is 12.3. The number of oxazole rings is 1. The Kier molecular flexibility index (Phi) is 6.47. The normalized spacial score (nSPS) is 15.5. The number of morpholine rings is 1. The largest absolute Gasteiger partial charge is 0.431 e. The van der Waals surface area contributed by atoms with Crippen molar-refractivity contribution in [1.82, 2.24) is 14.0 Å². The zero-order valence-electron chi connectivity index (χ0n) is 16.4. The van der Waals surface area contributed by atoms with Crippen LogP contribution in [-0.4, -0.2) is 49.9 Å². The Morgan fingerprint density at radius 1 is 1.28 bits per heavy atom. The molecule has 0 atom stereocenters. The second kappa shape index (κ2) is 8.70. The number of halogens is 1. The third-order valence-electron chi connectivity index (χ3n) is 4.48. The first-order valence-corrected chi connectivity index (χ1v) is 10.9. The van der Waals surface area contributed by atoms with E-state index >= 15 is 0 Å². The SMILES string of the molecule is Cc1cc(Cl)c(C(C)C)cc1Nc1nc(C(=O)NS(=O)(=O)N2CCOCC2)co1. The second-order valence-electron chi connectivity index (χ2n) is 6.95. The van der Waals surface area contributed by atoms with Gasteiger partial charge in [-0.3, -0.25) is 4.79 Å². The van der Waals surface area contributed by atoms with Crippen LogP contribution in [0.1, 0.15) is 41.4 Å². The van der Waals surface area contributed by atoms with Crippen molar-refractivity contribution in [1.29, 1.82) is 0 Å². The molecule has 0 unspecified atom stereocenters. The summed E-state index contributed by atoms with van der Waals surface area (Å²) in [5, 5.41) is 3.67. The van der Waals surface area contributed by atoms with Crippen LogP contribution < -0.4 is 10.0 Å². The van der Waals surface area contributed by atoms with E-state index in [2.05, 4.69) is 10.3 Å². The fourth-order valence-corrected chi connectivity index (χ4v) is 4.37. The van der Waals surface area contributed by atoms with Crippen LogP contribution in [-0.2, 0) is 14.9 Å². The first kappa shape index (κ1) is 21.6. The zero-order valence-corrected chi connectivity index (χ0v) is 17.9. The van der Waals surface area contributed by atoms with Crippen LogP contribution in [0.2, 0.25) is 5.02 Å². The van der Waals surface area contributed by atoms with Gasteiger partial charge in [0.2, 0.25) is 0 Å². The summed E-state index contributed by atoms with van der Waals surface area (Å²) in [7, 11) is -3.97. The van der Waals surface area contributed by atoms with E-state index in [1.807, 2.05) is 37.6 Å². The van der Waals surface area contributed by atoms with E-state index in [4.69, 9.17) is 20.8 Å². The number of benzene rings is 1. The van der Waals surface area contributed by atoms with Crippen LogP contribution in [0.25, 0.3) is 0 Å². The molecule has 11 heteroatoms. The number of nitrogens with zero attached hydrogens (tertiary/aromatic N) is 2. The molecule has 1 fully saturated rings. The van der Waals surface area contributed by atoms with Crippen molar-refractivity contribution in [2.75, 3.05) is 31.6 Å². The predicted octanol–water partition coefficient (Wildman–Crippen LogP) is 2.81. The Labute approximate surface area is 174 Å². The molecule has 9 nitrogen and oxygen atoms in total. The summed E-state index contributed by atoms with van der Waals surface area (Å²) in [5.41, 5.74) is 2.41. The minimum Gasteiger partial charge on any atom is -0.431 e. The molecule has 1 aliphatic rings. The number of hydrogen-bond donors (Lipinski definition) is 2. The van der Waals surface area contributed by atoms with Crippen molar-refractivity contribution >= 4 is 39.4 Å². The molecule has 2 N–H and O–H groups in total. The molecule has 0 saturated carbocycles. The summed E-state index contributed by atoms with van der Waals surface area (Å²) >= 11 is 6.28. The number of rotatable bonds is 6. The quantitative estimate of drug-likeness (QED) is 0.706. The van der Waals surface area contributed by atoms with Crippen molar-refractivity contribution in [3.8, 4) is 0 Å². The lowest BCUT2D eigenvalue weighted by atomic mass is 10.0. The lowest BCUT2D eigenvalue weighted by Gasteiger charge is -2.25. The van der Waals surface area contributed by atoms with Gasteiger partial charge in [-0.25, -0.2) is 4.72 Å². The summed E-state index contributed by atoms with van der Waals surface area (Å²) < 4.78 is 38.2. The number of ether oxygens (including phenoxy) is 1. The molecule has 0 bridgehead atoms. The number of hydrogen-bond acceptors (Lipinski definition) is 7. The van der Waals surface area contributed by atoms with E-state index in [-0.39, 0.29) is 43.9 Å². The van der Waals surface area contributed by atoms with Gasteiger partial charge in [0, 0.05) is 23.8 Å². The molecule has 1 aromatic heterocycles. The number of aromatic nitrogens is 1. The minimum absolute atomic E-state index is 0.0686. The Hall–Kier alpha value is -2.14. The monoisotopic (exact) mass is 442 g/mol. The first-order chi connectivity index (χ1) is 13.7. The Morgan fingerprint density at radius 2 is 1.97 bits per heavy atom. The van der Waals surface area contributed by atoms with E-state index in [9.17, 15) is 13.2 Å². The predicted molar refractivity (Wildman–Crippen MR) is 109 cm³/mol. The van der Waals surface area contributed by atoms with E-state index in [0.29, 0.717) is 5.02 Å². The van der Waals surface area contributed by atoms with Gasteiger partial charge < -0.3 is 14.5 Å². The summed E-state index contributed by atoms with van der Waals surface area (Å²) in [4.78, 5) is 16.4. The molecule has 2 aromatic rings. The number of carbonyl (C=O) groups is 1.